The van der Waals surface area contributed by atoms with Gasteiger partial charge in [-0.15, -0.1) is 0 Å². The summed E-state index contributed by atoms with van der Waals surface area (Å²) in [6, 6.07) is 21.3. The van der Waals surface area contributed by atoms with Crippen LogP contribution in [0, 0.1) is 0 Å². The van der Waals surface area contributed by atoms with Gasteiger partial charge in [0.15, 0.2) is 0 Å². The molecule has 0 radical (unpaired) electrons. The van der Waals surface area contributed by atoms with E-state index in [-0.39, 0.29) is 23.5 Å². The number of hydrogen-bond acceptors (Lipinski definition) is 3. The molecule has 0 aromatic heterocycles. The topological polar surface area (TPSA) is 49.7 Å². The van der Waals surface area contributed by atoms with Crippen molar-refractivity contribution in [2.75, 3.05) is 20.3 Å². The molecule has 2 N–H and O–H groups in total. The molecule has 2 aromatic rings. The van der Waals surface area contributed by atoms with Crippen LogP contribution in [-0.4, -0.2) is 36.6 Å². The van der Waals surface area contributed by atoms with E-state index >= 15 is 0 Å². The number of rotatable bonds is 18. The van der Waals surface area contributed by atoms with Gasteiger partial charge in [0.2, 0.25) is 0 Å². The molecule has 0 aliphatic carbocycles. The van der Waals surface area contributed by atoms with Gasteiger partial charge in [-0.1, -0.05) is 113 Å². The first-order valence-electron chi connectivity index (χ1n) is 13.3. The molecule has 0 saturated heterocycles. The lowest BCUT2D eigenvalue weighted by atomic mass is 9.75. The van der Waals surface area contributed by atoms with Gasteiger partial charge >= 0.3 is 0 Å². The first-order valence-corrected chi connectivity index (χ1v) is 13.3. The molecule has 2 aromatic carbocycles. The third-order valence-electron chi connectivity index (χ3n) is 7.60. The highest BCUT2D eigenvalue weighted by molar-refractivity contribution is 5.25. The summed E-state index contributed by atoms with van der Waals surface area (Å²) in [6.45, 7) is 5.52. The molecule has 3 atom stereocenters. The van der Waals surface area contributed by atoms with Crippen molar-refractivity contribution in [3.8, 4) is 0 Å². The van der Waals surface area contributed by atoms with Crippen molar-refractivity contribution in [1.29, 1.82) is 0 Å². The van der Waals surface area contributed by atoms with Crippen LogP contribution in [0.1, 0.15) is 95.6 Å². The van der Waals surface area contributed by atoms with E-state index in [4.69, 9.17) is 4.74 Å². The maximum Gasteiger partial charge on any atom is 0.0556 e. The monoisotopic (exact) mass is 468 g/mol. The van der Waals surface area contributed by atoms with Crippen LogP contribution in [0.4, 0.5) is 0 Å². The van der Waals surface area contributed by atoms with Crippen LogP contribution >= 0.6 is 0 Å². The van der Waals surface area contributed by atoms with E-state index < -0.39 is 0 Å². The lowest BCUT2D eigenvalue weighted by Gasteiger charge is -2.30. The zero-order chi connectivity index (χ0) is 24.7. The Morgan fingerprint density at radius 2 is 1.15 bits per heavy atom. The standard InChI is InChI=1S/C31H48O3/c1-30(24-25-32,27-16-8-4-9-17-27)22-14-6-12-20-29(33)21-13-7-15-23-31(2,26-34-3)28-18-10-5-11-19-28/h4-5,8-11,16-19,29,32-33H,6-7,12-15,20-26H2,1-3H3. The molecule has 0 fully saturated rings. The lowest BCUT2D eigenvalue weighted by molar-refractivity contribution is 0.129. The van der Waals surface area contributed by atoms with Crippen molar-refractivity contribution in [3.63, 3.8) is 0 Å². The number of methoxy groups -OCH3 is 1. The molecule has 0 bridgehead atoms. The van der Waals surface area contributed by atoms with Gasteiger partial charge in [0.1, 0.15) is 0 Å². The molecule has 3 nitrogen and oxygen atoms in total. The Kier molecular flexibility index (Phi) is 12.9. The number of hydrogen-bond donors (Lipinski definition) is 2. The Morgan fingerprint density at radius 3 is 1.62 bits per heavy atom. The predicted molar refractivity (Wildman–Crippen MR) is 143 cm³/mol. The van der Waals surface area contributed by atoms with Crippen LogP contribution in [-0.2, 0) is 15.6 Å². The minimum atomic E-state index is -0.183. The molecular weight excluding hydrogens is 420 g/mol. The quantitative estimate of drug-likeness (QED) is 0.228. The first-order chi connectivity index (χ1) is 16.4. The number of aliphatic hydroxyl groups excluding tert-OH is 2. The summed E-state index contributed by atoms with van der Waals surface area (Å²) >= 11 is 0. The summed E-state index contributed by atoms with van der Waals surface area (Å²) in [7, 11) is 1.78. The molecule has 34 heavy (non-hydrogen) atoms. The van der Waals surface area contributed by atoms with Crippen molar-refractivity contribution < 1.29 is 14.9 Å². The van der Waals surface area contributed by atoms with E-state index in [1.54, 1.807) is 7.11 Å². The number of benzene rings is 2. The maximum atomic E-state index is 10.4. The van der Waals surface area contributed by atoms with E-state index in [2.05, 4.69) is 68.4 Å². The van der Waals surface area contributed by atoms with Gasteiger partial charge in [0, 0.05) is 19.1 Å². The van der Waals surface area contributed by atoms with E-state index in [0.29, 0.717) is 0 Å². The predicted octanol–water partition coefficient (Wildman–Crippen LogP) is 7.19. The average Bonchev–Trinajstić information content (AvgIpc) is 2.85. The van der Waals surface area contributed by atoms with Gasteiger partial charge < -0.3 is 14.9 Å². The molecule has 3 unspecified atom stereocenters. The average molecular weight is 469 g/mol. The second kappa shape index (κ2) is 15.3. The third kappa shape index (κ3) is 9.52. The number of aliphatic hydroxyl groups is 2. The smallest absolute Gasteiger partial charge is 0.0556 e. The number of ether oxygens (including phenoxy) is 1. The van der Waals surface area contributed by atoms with Gasteiger partial charge in [0.05, 0.1) is 12.7 Å². The van der Waals surface area contributed by atoms with Crippen molar-refractivity contribution in [3.05, 3.63) is 71.8 Å². The zero-order valence-corrected chi connectivity index (χ0v) is 21.8. The molecule has 0 aliphatic rings. The number of unbranched alkanes of at least 4 members (excludes halogenated alkanes) is 4. The SMILES string of the molecule is COCC(C)(CCCCCC(O)CCCCCC(C)(CCO)c1ccccc1)c1ccccc1. The van der Waals surface area contributed by atoms with E-state index in [0.717, 1.165) is 77.2 Å². The molecule has 0 spiro atoms. The highest BCUT2D eigenvalue weighted by atomic mass is 16.5. The lowest BCUT2D eigenvalue weighted by Crippen LogP contribution is -2.27. The molecule has 0 heterocycles. The van der Waals surface area contributed by atoms with Gasteiger partial charge in [-0.3, -0.25) is 0 Å². The molecule has 190 valence electrons. The largest absolute Gasteiger partial charge is 0.396 e. The zero-order valence-electron chi connectivity index (χ0n) is 21.8. The first kappa shape index (κ1) is 28.6. The fourth-order valence-corrected chi connectivity index (χ4v) is 5.25. The third-order valence-corrected chi connectivity index (χ3v) is 7.60. The Labute approximate surface area is 208 Å². The van der Waals surface area contributed by atoms with Gasteiger partial charge in [-0.2, -0.15) is 0 Å². The molecule has 0 amide bonds. The summed E-state index contributed by atoms with van der Waals surface area (Å²) < 4.78 is 5.53. The van der Waals surface area contributed by atoms with Crippen LogP contribution in [0.2, 0.25) is 0 Å². The Balaban J connectivity index is 1.61. The molecule has 2 rings (SSSR count). The van der Waals surface area contributed by atoms with E-state index in [9.17, 15) is 10.2 Å². The highest BCUT2D eigenvalue weighted by Gasteiger charge is 2.26. The molecule has 0 saturated carbocycles. The highest BCUT2D eigenvalue weighted by Crippen LogP contribution is 2.33. The van der Waals surface area contributed by atoms with Crippen LogP contribution in [0.15, 0.2) is 60.7 Å². The van der Waals surface area contributed by atoms with Crippen molar-refractivity contribution in [1.82, 2.24) is 0 Å². The summed E-state index contributed by atoms with van der Waals surface area (Å²) in [6.07, 6.45) is 11.3. The summed E-state index contributed by atoms with van der Waals surface area (Å²) in [5.74, 6) is 0. The normalized spacial score (nSPS) is 16.0. The van der Waals surface area contributed by atoms with Crippen LogP contribution < -0.4 is 0 Å². The minimum absolute atomic E-state index is 0.0334. The van der Waals surface area contributed by atoms with Crippen molar-refractivity contribution in [2.24, 2.45) is 0 Å². The molecule has 3 heteroatoms. The Morgan fingerprint density at radius 1 is 0.676 bits per heavy atom. The summed E-state index contributed by atoms with van der Waals surface area (Å²) in [5.41, 5.74) is 2.75. The maximum absolute atomic E-state index is 10.4. The molecular formula is C31H48O3. The Hall–Kier alpha value is -1.68. The van der Waals surface area contributed by atoms with Crippen LogP contribution in [0.5, 0.6) is 0 Å². The van der Waals surface area contributed by atoms with Crippen LogP contribution in [0.3, 0.4) is 0 Å². The van der Waals surface area contributed by atoms with Gasteiger partial charge in [0.25, 0.3) is 0 Å². The van der Waals surface area contributed by atoms with Gasteiger partial charge in [-0.05, 0) is 48.6 Å². The fourth-order valence-electron chi connectivity index (χ4n) is 5.25. The second-order valence-corrected chi connectivity index (χ2v) is 10.6. The van der Waals surface area contributed by atoms with Crippen LogP contribution in [0.25, 0.3) is 0 Å². The molecule has 0 aliphatic heterocycles. The second-order valence-electron chi connectivity index (χ2n) is 10.6. The minimum Gasteiger partial charge on any atom is -0.396 e. The van der Waals surface area contributed by atoms with Crippen molar-refractivity contribution in [2.45, 2.75) is 101 Å². The Bertz CT molecular complexity index is 697. The summed E-state index contributed by atoms with van der Waals surface area (Å²) in [4.78, 5) is 0. The van der Waals surface area contributed by atoms with Crippen molar-refractivity contribution >= 4 is 0 Å². The summed E-state index contributed by atoms with van der Waals surface area (Å²) in [5, 5.41) is 20.0. The van der Waals surface area contributed by atoms with E-state index in [1.807, 2.05) is 6.07 Å². The fraction of sp³-hybridized carbons (Fsp3) is 0.613. The van der Waals surface area contributed by atoms with Gasteiger partial charge in [-0.25, -0.2) is 0 Å². The van der Waals surface area contributed by atoms with E-state index in [1.165, 1.54) is 11.1 Å².